The SMILES string of the molecule is COCCOCCCOc1c(F)cc(C(N)=NO)cc1F. The van der Waals surface area contributed by atoms with E-state index in [9.17, 15) is 8.78 Å². The number of oxime groups is 1. The number of nitrogens with zero attached hydrogens (tertiary/aromatic N) is 1. The van der Waals surface area contributed by atoms with Gasteiger partial charge >= 0.3 is 0 Å². The van der Waals surface area contributed by atoms with Crippen molar-refractivity contribution < 1.29 is 28.2 Å². The number of hydrogen-bond donors (Lipinski definition) is 2. The van der Waals surface area contributed by atoms with E-state index in [0.29, 0.717) is 26.2 Å². The molecule has 0 aliphatic rings. The van der Waals surface area contributed by atoms with Crippen molar-refractivity contribution in [1.82, 2.24) is 0 Å². The Labute approximate surface area is 121 Å². The predicted octanol–water partition coefficient (Wildman–Crippen LogP) is 1.49. The van der Waals surface area contributed by atoms with E-state index in [1.807, 2.05) is 0 Å². The first-order chi connectivity index (χ1) is 10.1. The lowest BCUT2D eigenvalue weighted by Crippen LogP contribution is -2.14. The van der Waals surface area contributed by atoms with Gasteiger partial charge in [0.1, 0.15) is 0 Å². The summed E-state index contributed by atoms with van der Waals surface area (Å²) in [7, 11) is 1.57. The highest BCUT2D eigenvalue weighted by molar-refractivity contribution is 5.97. The van der Waals surface area contributed by atoms with E-state index < -0.39 is 17.4 Å². The van der Waals surface area contributed by atoms with Crippen LogP contribution >= 0.6 is 0 Å². The Kier molecular flexibility index (Phi) is 7.41. The van der Waals surface area contributed by atoms with Crippen LogP contribution in [-0.2, 0) is 9.47 Å². The van der Waals surface area contributed by atoms with Crippen LogP contribution in [0.25, 0.3) is 0 Å². The van der Waals surface area contributed by atoms with E-state index in [1.165, 1.54) is 0 Å². The van der Waals surface area contributed by atoms with E-state index in [1.54, 1.807) is 7.11 Å². The van der Waals surface area contributed by atoms with E-state index >= 15 is 0 Å². The molecule has 1 aromatic carbocycles. The van der Waals surface area contributed by atoms with Crippen molar-refractivity contribution in [3.63, 3.8) is 0 Å². The van der Waals surface area contributed by atoms with Gasteiger partial charge in [0.2, 0.25) is 0 Å². The van der Waals surface area contributed by atoms with Crippen molar-refractivity contribution in [2.45, 2.75) is 6.42 Å². The second-order valence-electron chi connectivity index (χ2n) is 4.06. The van der Waals surface area contributed by atoms with Crippen LogP contribution in [0, 0.1) is 11.6 Å². The molecule has 0 amide bonds. The highest BCUT2D eigenvalue weighted by Crippen LogP contribution is 2.23. The van der Waals surface area contributed by atoms with Crippen molar-refractivity contribution in [3.05, 3.63) is 29.3 Å². The first kappa shape index (κ1) is 17.1. The van der Waals surface area contributed by atoms with Crippen LogP contribution in [0.1, 0.15) is 12.0 Å². The van der Waals surface area contributed by atoms with Crippen molar-refractivity contribution in [3.8, 4) is 5.75 Å². The van der Waals surface area contributed by atoms with Crippen molar-refractivity contribution >= 4 is 5.84 Å². The maximum Gasteiger partial charge on any atom is 0.190 e. The van der Waals surface area contributed by atoms with Gasteiger partial charge in [-0.1, -0.05) is 5.16 Å². The zero-order valence-electron chi connectivity index (χ0n) is 11.6. The zero-order chi connectivity index (χ0) is 15.7. The average molecular weight is 304 g/mol. The number of amidine groups is 1. The molecule has 0 saturated carbocycles. The molecule has 0 radical (unpaired) electrons. The lowest BCUT2D eigenvalue weighted by molar-refractivity contribution is 0.0640. The van der Waals surface area contributed by atoms with Gasteiger partial charge in [0.05, 0.1) is 19.8 Å². The summed E-state index contributed by atoms with van der Waals surface area (Å²) >= 11 is 0. The monoisotopic (exact) mass is 304 g/mol. The van der Waals surface area contributed by atoms with Gasteiger partial charge in [-0.2, -0.15) is 0 Å². The number of methoxy groups -OCH3 is 1. The molecule has 1 aromatic rings. The van der Waals surface area contributed by atoms with Crippen molar-refractivity contribution in [1.29, 1.82) is 0 Å². The van der Waals surface area contributed by atoms with Gasteiger partial charge in [-0.05, 0) is 12.1 Å². The second-order valence-corrected chi connectivity index (χ2v) is 4.06. The smallest absolute Gasteiger partial charge is 0.190 e. The molecule has 0 spiro atoms. The minimum atomic E-state index is -0.920. The molecule has 8 heteroatoms. The van der Waals surface area contributed by atoms with Gasteiger partial charge in [-0.25, -0.2) is 8.78 Å². The van der Waals surface area contributed by atoms with Gasteiger partial charge in [0.25, 0.3) is 0 Å². The zero-order valence-corrected chi connectivity index (χ0v) is 11.6. The van der Waals surface area contributed by atoms with Crippen LogP contribution < -0.4 is 10.5 Å². The molecule has 3 N–H and O–H groups in total. The molecular weight excluding hydrogens is 286 g/mol. The summed E-state index contributed by atoms with van der Waals surface area (Å²) < 4.78 is 42.4. The Morgan fingerprint density at radius 2 is 1.86 bits per heavy atom. The summed E-state index contributed by atoms with van der Waals surface area (Å²) in [5.74, 6) is -2.72. The minimum absolute atomic E-state index is 0.0669. The molecule has 0 aliphatic carbocycles. The Morgan fingerprint density at radius 1 is 1.19 bits per heavy atom. The topological polar surface area (TPSA) is 86.3 Å². The molecule has 0 aliphatic heterocycles. The van der Waals surface area contributed by atoms with Gasteiger partial charge in [0.15, 0.2) is 23.2 Å². The first-order valence-corrected chi connectivity index (χ1v) is 6.26. The van der Waals surface area contributed by atoms with Crippen LogP contribution in [0.15, 0.2) is 17.3 Å². The highest BCUT2D eigenvalue weighted by atomic mass is 19.1. The summed E-state index contributed by atoms with van der Waals surface area (Å²) in [6.07, 6.45) is 0.477. The van der Waals surface area contributed by atoms with E-state index in [2.05, 4.69) is 5.16 Å². The minimum Gasteiger partial charge on any atom is -0.488 e. The summed E-state index contributed by atoms with van der Waals surface area (Å²) in [6, 6.07) is 1.87. The third-order valence-corrected chi connectivity index (χ3v) is 2.51. The highest BCUT2D eigenvalue weighted by Gasteiger charge is 2.14. The lowest BCUT2D eigenvalue weighted by atomic mass is 10.2. The lowest BCUT2D eigenvalue weighted by Gasteiger charge is -2.10. The molecule has 0 saturated heterocycles. The number of nitrogens with two attached hydrogens (primary N) is 1. The summed E-state index contributed by atoms with van der Waals surface area (Å²) in [4.78, 5) is 0. The molecule has 118 valence electrons. The molecule has 1 rings (SSSR count). The van der Waals surface area contributed by atoms with Crippen molar-refractivity contribution in [2.75, 3.05) is 33.5 Å². The summed E-state index contributed by atoms with van der Waals surface area (Å²) in [5.41, 5.74) is 5.19. The number of hydrogen-bond acceptors (Lipinski definition) is 5. The number of benzene rings is 1. The van der Waals surface area contributed by atoms with Gasteiger partial charge in [0, 0.05) is 25.7 Å². The maximum atomic E-state index is 13.7. The Hall–Kier alpha value is -1.93. The quantitative estimate of drug-likeness (QED) is 0.237. The van der Waals surface area contributed by atoms with Crippen molar-refractivity contribution in [2.24, 2.45) is 10.9 Å². The molecule has 0 heterocycles. The number of ether oxygens (including phenoxy) is 3. The molecular formula is C13H18F2N2O4. The molecule has 6 nitrogen and oxygen atoms in total. The van der Waals surface area contributed by atoms with Crippen LogP contribution in [0.2, 0.25) is 0 Å². The van der Waals surface area contributed by atoms with E-state index in [0.717, 1.165) is 12.1 Å². The summed E-state index contributed by atoms with van der Waals surface area (Å²) in [6.45, 7) is 1.44. The molecule has 0 aromatic heterocycles. The summed E-state index contributed by atoms with van der Waals surface area (Å²) in [5, 5.41) is 11.1. The third kappa shape index (κ3) is 5.52. The van der Waals surface area contributed by atoms with Gasteiger partial charge in [-0.15, -0.1) is 0 Å². The third-order valence-electron chi connectivity index (χ3n) is 2.51. The van der Waals surface area contributed by atoms with E-state index in [4.69, 9.17) is 25.2 Å². The Morgan fingerprint density at radius 3 is 2.43 bits per heavy atom. The number of halogens is 2. The van der Waals surface area contributed by atoms with E-state index in [-0.39, 0.29) is 18.0 Å². The van der Waals surface area contributed by atoms with Gasteiger partial charge in [-0.3, -0.25) is 0 Å². The second kappa shape index (κ2) is 9.09. The normalized spacial score (nSPS) is 11.7. The molecule has 0 atom stereocenters. The van der Waals surface area contributed by atoms with Crippen LogP contribution in [0.5, 0.6) is 5.75 Å². The molecule has 0 bridgehead atoms. The van der Waals surface area contributed by atoms with Crippen LogP contribution in [0.3, 0.4) is 0 Å². The standard InChI is InChI=1S/C13H18F2N2O4/c1-19-5-6-20-3-2-4-21-12-10(14)7-9(8-11(12)15)13(16)17-18/h7-8,18H,2-6H2,1H3,(H2,16,17). The predicted molar refractivity (Wildman–Crippen MR) is 71.7 cm³/mol. The number of rotatable bonds is 9. The van der Waals surface area contributed by atoms with Crippen LogP contribution in [0.4, 0.5) is 8.78 Å². The maximum absolute atomic E-state index is 13.7. The fourth-order valence-electron chi connectivity index (χ4n) is 1.48. The average Bonchev–Trinajstić information content (AvgIpc) is 2.47. The fourth-order valence-corrected chi connectivity index (χ4v) is 1.48. The van der Waals surface area contributed by atoms with Crippen LogP contribution in [-0.4, -0.2) is 44.6 Å². The molecule has 21 heavy (non-hydrogen) atoms. The Bertz CT molecular complexity index is 460. The van der Waals surface area contributed by atoms with Gasteiger partial charge < -0.3 is 25.2 Å². The first-order valence-electron chi connectivity index (χ1n) is 6.26. The fraction of sp³-hybridized carbons (Fsp3) is 0.462. The molecule has 0 fully saturated rings. The Balaban J connectivity index is 2.49. The molecule has 0 unspecified atom stereocenters. The largest absolute Gasteiger partial charge is 0.488 e.